The first-order valence-electron chi connectivity index (χ1n) is 4.57. The lowest BCUT2D eigenvalue weighted by atomic mass is 10.2. The second-order valence-corrected chi connectivity index (χ2v) is 3.08. The zero-order valence-corrected chi connectivity index (χ0v) is 8.05. The van der Waals surface area contributed by atoms with Crippen LogP contribution in [0.15, 0.2) is 0 Å². The van der Waals surface area contributed by atoms with E-state index in [2.05, 4.69) is 11.4 Å². The number of hydrogen-bond donors (Lipinski definition) is 2. The Kier molecular flexibility index (Phi) is 6.93. The third-order valence-corrected chi connectivity index (χ3v) is 1.68. The van der Waals surface area contributed by atoms with Gasteiger partial charge in [0.15, 0.2) is 0 Å². The molecule has 0 aliphatic carbocycles. The molecule has 0 saturated carbocycles. The van der Waals surface area contributed by atoms with Crippen molar-refractivity contribution < 1.29 is 4.79 Å². The molecule has 0 aromatic heterocycles. The van der Waals surface area contributed by atoms with Crippen molar-refractivity contribution in [2.75, 3.05) is 13.1 Å². The summed E-state index contributed by atoms with van der Waals surface area (Å²) in [6, 6.07) is 2.05. The Morgan fingerprint density at radius 2 is 2.31 bits per heavy atom. The van der Waals surface area contributed by atoms with Gasteiger partial charge in [-0.3, -0.25) is 4.79 Å². The van der Waals surface area contributed by atoms with Crippen LogP contribution in [0.4, 0.5) is 0 Å². The molecule has 0 radical (unpaired) electrons. The lowest BCUT2D eigenvalue weighted by molar-refractivity contribution is -0.121. The van der Waals surface area contributed by atoms with Crippen molar-refractivity contribution in [1.82, 2.24) is 5.32 Å². The monoisotopic (exact) mass is 183 g/mol. The molecule has 74 valence electrons. The van der Waals surface area contributed by atoms with Gasteiger partial charge in [0.1, 0.15) is 0 Å². The largest absolute Gasteiger partial charge is 0.355 e. The standard InChI is InChI=1S/C9H17N3O/c1-8(6-11)7-12-9(13)4-2-3-5-10/h8H,2-5,7,10H2,1H3,(H,12,13). The molecule has 3 N–H and O–H groups in total. The smallest absolute Gasteiger partial charge is 0.220 e. The van der Waals surface area contributed by atoms with E-state index in [1.165, 1.54) is 0 Å². The van der Waals surface area contributed by atoms with Gasteiger partial charge in [0.05, 0.1) is 12.0 Å². The van der Waals surface area contributed by atoms with Crippen LogP contribution in [0.5, 0.6) is 0 Å². The Hall–Kier alpha value is -1.08. The van der Waals surface area contributed by atoms with E-state index in [1.807, 2.05) is 0 Å². The first kappa shape index (κ1) is 11.9. The van der Waals surface area contributed by atoms with Crippen molar-refractivity contribution in [2.45, 2.75) is 26.2 Å². The highest BCUT2D eigenvalue weighted by molar-refractivity contribution is 5.75. The van der Waals surface area contributed by atoms with Crippen molar-refractivity contribution >= 4 is 5.91 Å². The van der Waals surface area contributed by atoms with Crippen LogP contribution in [-0.2, 0) is 4.79 Å². The highest BCUT2D eigenvalue weighted by Gasteiger charge is 2.03. The summed E-state index contributed by atoms with van der Waals surface area (Å²) in [6.45, 7) is 2.85. The number of carbonyl (C=O) groups is 1. The fourth-order valence-corrected chi connectivity index (χ4v) is 0.831. The van der Waals surface area contributed by atoms with E-state index in [1.54, 1.807) is 6.92 Å². The van der Waals surface area contributed by atoms with Gasteiger partial charge in [-0.25, -0.2) is 0 Å². The number of unbranched alkanes of at least 4 members (excludes halogenated alkanes) is 1. The molecule has 13 heavy (non-hydrogen) atoms. The summed E-state index contributed by atoms with van der Waals surface area (Å²) in [6.07, 6.45) is 2.21. The minimum Gasteiger partial charge on any atom is -0.355 e. The van der Waals surface area contributed by atoms with Gasteiger partial charge in [-0.05, 0) is 26.3 Å². The van der Waals surface area contributed by atoms with Crippen LogP contribution < -0.4 is 11.1 Å². The van der Waals surface area contributed by atoms with Gasteiger partial charge in [-0.1, -0.05) is 0 Å². The quantitative estimate of drug-likeness (QED) is 0.585. The highest BCUT2D eigenvalue weighted by atomic mass is 16.1. The fourth-order valence-electron chi connectivity index (χ4n) is 0.831. The van der Waals surface area contributed by atoms with Gasteiger partial charge in [0.25, 0.3) is 0 Å². The maximum Gasteiger partial charge on any atom is 0.220 e. The zero-order valence-electron chi connectivity index (χ0n) is 8.05. The highest BCUT2D eigenvalue weighted by Crippen LogP contribution is 1.94. The minimum atomic E-state index is -0.113. The van der Waals surface area contributed by atoms with Gasteiger partial charge in [0, 0.05) is 13.0 Å². The average molecular weight is 183 g/mol. The van der Waals surface area contributed by atoms with E-state index >= 15 is 0 Å². The van der Waals surface area contributed by atoms with E-state index in [0.717, 1.165) is 12.8 Å². The summed E-state index contributed by atoms with van der Waals surface area (Å²) in [5, 5.41) is 11.1. The Labute approximate surface area is 79.1 Å². The Morgan fingerprint density at radius 3 is 2.85 bits per heavy atom. The topological polar surface area (TPSA) is 78.9 Å². The number of rotatable bonds is 6. The molecule has 4 heteroatoms. The van der Waals surface area contributed by atoms with Crippen molar-refractivity contribution in [3.63, 3.8) is 0 Å². The first-order valence-corrected chi connectivity index (χ1v) is 4.57. The molecule has 0 aromatic carbocycles. The van der Waals surface area contributed by atoms with Crippen LogP contribution in [0, 0.1) is 17.2 Å². The van der Waals surface area contributed by atoms with Gasteiger partial charge in [-0.15, -0.1) is 0 Å². The van der Waals surface area contributed by atoms with Crippen molar-refractivity contribution in [3.8, 4) is 6.07 Å². The number of nitrogens with two attached hydrogens (primary N) is 1. The van der Waals surface area contributed by atoms with Gasteiger partial charge in [0.2, 0.25) is 5.91 Å². The van der Waals surface area contributed by atoms with Crippen molar-refractivity contribution in [3.05, 3.63) is 0 Å². The van der Waals surface area contributed by atoms with E-state index in [-0.39, 0.29) is 11.8 Å². The summed E-state index contributed by atoms with van der Waals surface area (Å²) in [7, 11) is 0. The van der Waals surface area contributed by atoms with Crippen LogP contribution in [0.1, 0.15) is 26.2 Å². The fraction of sp³-hybridized carbons (Fsp3) is 0.778. The second-order valence-electron chi connectivity index (χ2n) is 3.08. The van der Waals surface area contributed by atoms with E-state index in [4.69, 9.17) is 11.0 Å². The molecule has 0 fully saturated rings. The molecule has 4 nitrogen and oxygen atoms in total. The predicted octanol–water partition coefficient (Wildman–Crippen LogP) is 0.391. The second kappa shape index (κ2) is 7.56. The lowest BCUT2D eigenvalue weighted by Crippen LogP contribution is -2.27. The van der Waals surface area contributed by atoms with Crippen LogP contribution in [0.3, 0.4) is 0 Å². The normalized spacial score (nSPS) is 11.8. The summed E-state index contributed by atoms with van der Waals surface area (Å²) in [4.78, 5) is 11.1. The molecule has 1 amide bonds. The molecule has 0 aliphatic rings. The minimum absolute atomic E-state index is 0.00977. The SMILES string of the molecule is CC(C#N)CNC(=O)CCCCN. The summed E-state index contributed by atoms with van der Waals surface area (Å²) in [5.74, 6) is -0.103. The van der Waals surface area contributed by atoms with Crippen LogP contribution >= 0.6 is 0 Å². The summed E-state index contributed by atoms with van der Waals surface area (Å²) >= 11 is 0. The third-order valence-electron chi connectivity index (χ3n) is 1.68. The Morgan fingerprint density at radius 1 is 1.62 bits per heavy atom. The maximum atomic E-state index is 11.1. The number of nitrogens with zero attached hydrogens (tertiary/aromatic N) is 1. The molecule has 0 bridgehead atoms. The molecule has 0 saturated heterocycles. The molecule has 0 aromatic rings. The number of hydrogen-bond acceptors (Lipinski definition) is 3. The molecule has 1 unspecified atom stereocenters. The molecular weight excluding hydrogens is 166 g/mol. The molecule has 0 heterocycles. The predicted molar refractivity (Wildman–Crippen MR) is 50.7 cm³/mol. The van der Waals surface area contributed by atoms with Crippen LogP contribution in [-0.4, -0.2) is 19.0 Å². The van der Waals surface area contributed by atoms with E-state index < -0.39 is 0 Å². The lowest BCUT2D eigenvalue weighted by Gasteiger charge is -2.05. The van der Waals surface area contributed by atoms with E-state index in [0.29, 0.717) is 19.5 Å². The molecule has 0 rings (SSSR count). The van der Waals surface area contributed by atoms with Crippen LogP contribution in [0.25, 0.3) is 0 Å². The van der Waals surface area contributed by atoms with Gasteiger partial charge in [-0.2, -0.15) is 5.26 Å². The zero-order chi connectivity index (χ0) is 10.1. The number of carbonyl (C=O) groups excluding carboxylic acids is 1. The summed E-state index contributed by atoms with van der Waals surface area (Å²) < 4.78 is 0. The van der Waals surface area contributed by atoms with Gasteiger partial charge < -0.3 is 11.1 Å². The van der Waals surface area contributed by atoms with E-state index in [9.17, 15) is 4.79 Å². The summed E-state index contributed by atoms with van der Waals surface area (Å²) in [5.41, 5.74) is 5.28. The number of amides is 1. The molecule has 0 aliphatic heterocycles. The Balaban J connectivity index is 3.36. The number of nitrogens with one attached hydrogen (secondary N) is 1. The van der Waals surface area contributed by atoms with Crippen molar-refractivity contribution in [2.24, 2.45) is 11.7 Å². The van der Waals surface area contributed by atoms with Crippen LogP contribution in [0.2, 0.25) is 0 Å². The van der Waals surface area contributed by atoms with Crippen molar-refractivity contribution in [1.29, 1.82) is 5.26 Å². The maximum absolute atomic E-state index is 11.1. The average Bonchev–Trinajstić information content (AvgIpc) is 2.14. The molecule has 0 spiro atoms. The third kappa shape index (κ3) is 7.29. The number of nitriles is 1. The Bertz CT molecular complexity index is 186. The molecule has 1 atom stereocenters. The first-order chi connectivity index (χ1) is 6.20. The molecular formula is C9H17N3O. The van der Waals surface area contributed by atoms with Gasteiger partial charge >= 0.3 is 0 Å².